The Bertz CT molecular complexity index is 824. The van der Waals surface area contributed by atoms with Crippen molar-refractivity contribution in [1.82, 2.24) is 19.9 Å². The van der Waals surface area contributed by atoms with Gasteiger partial charge in [-0.1, -0.05) is 6.58 Å². The van der Waals surface area contributed by atoms with Gasteiger partial charge in [-0.05, 0) is 25.8 Å². The molecule has 6 nitrogen and oxygen atoms in total. The number of rotatable bonds is 4. The van der Waals surface area contributed by atoms with E-state index in [1.54, 1.807) is 13.1 Å². The second-order valence-corrected chi connectivity index (χ2v) is 6.40. The number of ether oxygens (including phenoxy) is 1. The first kappa shape index (κ1) is 18.5. The molecule has 26 heavy (non-hydrogen) atoms. The molecule has 1 aliphatic rings. The maximum absolute atomic E-state index is 12.6. The minimum atomic E-state index is -4.25. The molecule has 0 radical (unpaired) electrons. The van der Waals surface area contributed by atoms with Crippen molar-refractivity contribution in [2.75, 3.05) is 24.6 Å². The van der Waals surface area contributed by atoms with E-state index >= 15 is 0 Å². The molecule has 140 valence electrons. The highest BCUT2D eigenvalue weighted by atomic mass is 19.4. The van der Waals surface area contributed by atoms with Gasteiger partial charge >= 0.3 is 6.18 Å². The minimum absolute atomic E-state index is 0.0171. The maximum Gasteiger partial charge on any atom is 0.389 e. The SMILES string of the molecule is C=C(CCC(F)(F)F)c1nc(N2CCOC(C)C2)nc2nc(C)cnc12. The first-order valence-electron chi connectivity index (χ1n) is 8.36. The molecule has 0 spiro atoms. The largest absolute Gasteiger partial charge is 0.389 e. The molecule has 3 rings (SSSR count). The molecule has 1 aliphatic heterocycles. The molecular formula is C17H20F3N5O. The maximum atomic E-state index is 12.6. The van der Waals surface area contributed by atoms with Gasteiger partial charge in [-0.25, -0.2) is 15.0 Å². The second-order valence-electron chi connectivity index (χ2n) is 6.40. The van der Waals surface area contributed by atoms with Gasteiger partial charge in [-0.2, -0.15) is 18.2 Å². The standard InChI is InChI=1S/C17H20F3N5O/c1-10(4-5-17(18,19)20)13-14-15(22-11(2)8-21-14)24-16(23-13)25-6-7-26-12(3)9-25/h8,12H,1,4-7,9H2,2-3H3. The highest BCUT2D eigenvalue weighted by Gasteiger charge is 2.28. The van der Waals surface area contributed by atoms with Gasteiger partial charge in [0.1, 0.15) is 5.52 Å². The van der Waals surface area contributed by atoms with Crippen LogP contribution in [0.15, 0.2) is 12.8 Å². The molecule has 1 saturated heterocycles. The third-order valence-electron chi connectivity index (χ3n) is 4.09. The monoisotopic (exact) mass is 367 g/mol. The fourth-order valence-corrected chi connectivity index (χ4v) is 2.78. The van der Waals surface area contributed by atoms with Crippen molar-refractivity contribution in [3.63, 3.8) is 0 Å². The Kier molecular flexibility index (Phi) is 5.08. The summed E-state index contributed by atoms with van der Waals surface area (Å²) in [4.78, 5) is 19.5. The molecule has 1 unspecified atom stereocenters. The molecule has 0 bridgehead atoms. The Labute approximate surface area is 149 Å². The lowest BCUT2D eigenvalue weighted by molar-refractivity contribution is -0.133. The van der Waals surface area contributed by atoms with Gasteiger partial charge in [-0.3, -0.25) is 0 Å². The topological polar surface area (TPSA) is 64.0 Å². The van der Waals surface area contributed by atoms with Crippen LogP contribution < -0.4 is 4.90 Å². The van der Waals surface area contributed by atoms with Gasteiger partial charge in [0, 0.05) is 25.7 Å². The zero-order valence-electron chi connectivity index (χ0n) is 14.7. The highest BCUT2D eigenvalue weighted by Crippen LogP contribution is 2.30. The van der Waals surface area contributed by atoms with Crippen molar-refractivity contribution in [1.29, 1.82) is 0 Å². The highest BCUT2D eigenvalue weighted by molar-refractivity contribution is 5.84. The zero-order chi connectivity index (χ0) is 18.9. The predicted molar refractivity (Wildman–Crippen MR) is 91.8 cm³/mol. The first-order valence-corrected chi connectivity index (χ1v) is 8.36. The number of morpholine rings is 1. The van der Waals surface area contributed by atoms with Gasteiger partial charge in [-0.15, -0.1) is 0 Å². The van der Waals surface area contributed by atoms with E-state index in [9.17, 15) is 13.2 Å². The quantitative estimate of drug-likeness (QED) is 0.826. The number of hydrogen-bond donors (Lipinski definition) is 0. The molecule has 2 aromatic heterocycles. The number of alkyl halides is 3. The fourth-order valence-electron chi connectivity index (χ4n) is 2.78. The Balaban J connectivity index is 2.00. The average molecular weight is 367 g/mol. The molecule has 0 saturated carbocycles. The fraction of sp³-hybridized carbons (Fsp3) is 0.529. The van der Waals surface area contributed by atoms with Crippen LogP contribution >= 0.6 is 0 Å². The van der Waals surface area contributed by atoms with Crippen LogP contribution in [0, 0.1) is 6.92 Å². The van der Waals surface area contributed by atoms with Crippen LogP contribution in [0.3, 0.4) is 0 Å². The first-order chi connectivity index (χ1) is 12.2. The lowest BCUT2D eigenvalue weighted by Gasteiger charge is -2.31. The second kappa shape index (κ2) is 7.14. The molecule has 0 N–H and O–H groups in total. The van der Waals surface area contributed by atoms with E-state index in [4.69, 9.17) is 4.74 Å². The molecule has 2 aromatic rings. The normalized spacial score (nSPS) is 18.3. The smallest absolute Gasteiger partial charge is 0.375 e. The van der Waals surface area contributed by atoms with Gasteiger partial charge < -0.3 is 9.64 Å². The van der Waals surface area contributed by atoms with Crippen molar-refractivity contribution in [2.45, 2.75) is 39.0 Å². The summed E-state index contributed by atoms with van der Waals surface area (Å²) in [5.74, 6) is 0.413. The number of nitrogens with zero attached hydrogens (tertiary/aromatic N) is 5. The van der Waals surface area contributed by atoms with Gasteiger partial charge in [0.25, 0.3) is 0 Å². The van der Waals surface area contributed by atoms with Gasteiger partial charge in [0.05, 0.1) is 24.1 Å². The molecule has 3 heterocycles. The van der Waals surface area contributed by atoms with E-state index in [2.05, 4.69) is 26.5 Å². The number of fused-ring (bicyclic) bond motifs is 1. The third kappa shape index (κ3) is 4.27. The summed E-state index contributed by atoms with van der Waals surface area (Å²) < 4.78 is 43.3. The lowest BCUT2D eigenvalue weighted by Crippen LogP contribution is -2.42. The zero-order valence-corrected chi connectivity index (χ0v) is 14.7. The average Bonchev–Trinajstić information content (AvgIpc) is 2.57. The molecule has 1 fully saturated rings. The molecule has 9 heteroatoms. The van der Waals surface area contributed by atoms with Crippen LogP contribution in [0.1, 0.15) is 31.2 Å². The van der Waals surface area contributed by atoms with Crippen LogP contribution in [-0.2, 0) is 4.74 Å². The molecule has 0 aliphatic carbocycles. The van der Waals surface area contributed by atoms with Crippen LogP contribution in [0.5, 0.6) is 0 Å². The van der Waals surface area contributed by atoms with Crippen LogP contribution in [-0.4, -0.2) is 51.9 Å². The lowest BCUT2D eigenvalue weighted by atomic mass is 10.1. The summed E-state index contributed by atoms with van der Waals surface area (Å²) in [5, 5.41) is 0. The predicted octanol–water partition coefficient (Wildman–Crippen LogP) is 3.31. The van der Waals surface area contributed by atoms with E-state index in [1.165, 1.54) is 0 Å². The van der Waals surface area contributed by atoms with Crippen molar-refractivity contribution in [3.8, 4) is 0 Å². The number of hydrogen-bond acceptors (Lipinski definition) is 6. The molecule has 0 aromatic carbocycles. The summed E-state index contributed by atoms with van der Waals surface area (Å²) in [6.07, 6.45) is -3.90. The minimum Gasteiger partial charge on any atom is -0.375 e. The van der Waals surface area contributed by atoms with Crippen molar-refractivity contribution < 1.29 is 17.9 Å². The van der Waals surface area contributed by atoms with Gasteiger partial charge in [0.2, 0.25) is 5.95 Å². The van der Waals surface area contributed by atoms with E-state index in [0.717, 1.165) is 0 Å². The Morgan fingerprint density at radius 2 is 2.12 bits per heavy atom. The number of aromatic nitrogens is 4. The van der Waals surface area contributed by atoms with E-state index in [-0.39, 0.29) is 18.1 Å². The Morgan fingerprint density at radius 1 is 1.35 bits per heavy atom. The number of allylic oxidation sites excluding steroid dienone is 1. The van der Waals surface area contributed by atoms with Crippen molar-refractivity contribution >= 4 is 22.7 Å². The number of anilines is 1. The summed E-state index contributed by atoms with van der Waals surface area (Å²) in [6, 6.07) is 0. The Morgan fingerprint density at radius 3 is 2.81 bits per heavy atom. The number of halogens is 3. The van der Waals surface area contributed by atoms with Crippen molar-refractivity contribution in [3.05, 3.63) is 24.2 Å². The molecule has 1 atom stereocenters. The number of aryl methyl sites for hydroxylation is 1. The third-order valence-corrected chi connectivity index (χ3v) is 4.09. The van der Waals surface area contributed by atoms with Crippen LogP contribution in [0.4, 0.5) is 19.1 Å². The van der Waals surface area contributed by atoms with Crippen LogP contribution in [0.2, 0.25) is 0 Å². The van der Waals surface area contributed by atoms with Crippen LogP contribution in [0.25, 0.3) is 16.7 Å². The summed E-state index contributed by atoms with van der Waals surface area (Å²) >= 11 is 0. The summed E-state index contributed by atoms with van der Waals surface area (Å²) in [7, 11) is 0. The van der Waals surface area contributed by atoms with Crippen molar-refractivity contribution in [2.24, 2.45) is 0 Å². The Hall–Kier alpha value is -2.29. The van der Waals surface area contributed by atoms with E-state index in [1.807, 2.05) is 11.8 Å². The van der Waals surface area contributed by atoms with Gasteiger partial charge in [0.15, 0.2) is 5.65 Å². The summed E-state index contributed by atoms with van der Waals surface area (Å²) in [5.41, 5.74) is 1.99. The van der Waals surface area contributed by atoms with E-state index in [0.29, 0.717) is 48.2 Å². The summed E-state index contributed by atoms with van der Waals surface area (Å²) in [6.45, 7) is 9.26. The van der Waals surface area contributed by atoms with E-state index < -0.39 is 12.6 Å². The molecular weight excluding hydrogens is 347 g/mol. The molecule has 0 amide bonds.